The summed E-state index contributed by atoms with van der Waals surface area (Å²) in [5.74, 6) is -2.14. The largest absolute Gasteiger partial charge is 0.478 e. The van der Waals surface area contributed by atoms with Gasteiger partial charge in [-0.25, -0.2) is 4.79 Å². The number of carboxylic acids is 1. The number of alkyl halides is 3. The summed E-state index contributed by atoms with van der Waals surface area (Å²) in [4.78, 5) is 11.5. The summed E-state index contributed by atoms with van der Waals surface area (Å²) in [5, 5.41) is 7.46. The molecule has 1 N–H and O–H groups in total. The van der Waals surface area contributed by atoms with Crippen LogP contribution in [0.15, 0.2) is 33.7 Å². The molecular formula is C12H10ClF3O2S. The minimum Gasteiger partial charge on any atom is -0.478 e. The smallest absolute Gasteiger partial charge is 0.405 e. The van der Waals surface area contributed by atoms with Crippen molar-refractivity contribution < 1.29 is 23.1 Å². The van der Waals surface area contributed by atoms with Crippen molar-refractivity contribution >= 4 is 29.3 Å². The maximum absolute atomic E-state index is 12.9. The molecule has 104 valence electrons. The highest BCUT2D eigenvalue weighted by atomic mass is 35.5. The topological polar surface area (TPSA) is 37.3 Å². The van der Waals surface area contributed by atoms with Gasteiger partial charge in [-0.3, -0.25) is 0 Å². The lowest BCUT2D eigenvalue weighted by Gasteiger charge is -2.34. The number of allylic oxidation sites excluding steroid dienone is 5. The molecule has 0 amide bonds. The predicted octanol–water partition coefficient (Wildman–Crippen LogP) is 3.95. The van der Waals surface area contributed by atoms with Crippen LogP contribution >= 0.6 is 23.4 Å². The number of hydrogen-bond donors (Lipinski definition) is 1. The second-order valence-corrected chi connectivity index (χ2v) is 6.02. The molecule has 0 radical (unpaired) electrons. The standard InChI is InChI=1S/C12H10ClF3O2S/c1-5-6-4-7(11(17)18)10(12(14,15)16)19-9(6)3-2-8(5)13/h2-6,10H,1H3,(H,17,18). The minimum atomic E-state index is -4.59. The molecule has 0 saturated heterocycles. The molecule has 7 heteroatoms. The molecule has 1 aliphatic carbocycles. The van der Waals surface area contributed by atoms with Crippen LogP contribution in [0.1, 0.15) is 6.92 Å². The van der Waals surface area contributed by atoms with Crippen LogP contribution in [0.2, 0.25) is 0 Å². The summed E-state index contributed by atoms with van der Waals surface area (Å²) in [6, 6.07) is 0. The van der Waals surface area contributed by atoms with Gasteiger partial charge in [-0.2, -0.15) is 13.2 Å². The van der Waals surface area contributed by atoms with Gasteiger partial charge in [0.2, 0.25) is 0 Å². The van der Waals surface area contributed by atoms with Crippen LogP contribution in [-0.2, 0) is 4.79 Å². The monoisotopic (exact) mass is 310 g/mol. The van der Waals surface area contributed by atoms with Gasteiger partial charge in [-0.05, 0) is 11.0 Å². The van der Waals surface area contributed by atoms with Gasteiger partial charge in [0.05, 0.1) is 5.57 Å². The zero-order valence-corrected chi connectivity index (χ0v) is 11.3. The Morgan fingerprint density at radius 3 is 2.58 bits per heavy atom. The Balaban J connectivity index is 2.46. The maximum Gasteiger partial charge on any atom is 0.405 e. The van der Waals surface area contributed by atoms with E-state index in [1.54, 1.807) is 13.0 Å². The minimum absolute atomic E-state index is 0.210. The quantitative estimate of drug-likeness (QED) is 0.797. The van der Waals surface area contributed by atoms with Gasteiger partial charge in [0.1, 0.15) is 5.25 Å². The molecule has 2 aliphatic rings. The maximum atomic E-state index is 12.9. The Kier molecular flexibility index (Phi) is 3.75. The molecule has 3 unspecified atom stereocenters. The van der Waals surface area contributed by atoms with Crippen molar-refractivity contribution in [3.63, 3.8) is 0 Å². The van der Waals surface area contributed by atoms with Gasteiger partial charge in [0, 0.05) is 16.9 Å². The summed E-state index contributed by atoms with van der Waals surface area (Å²) in [6.07, 6.45) is -0.304. The summed E-state index contributed by atoms with van der Waals surface area (Å²) < 4.78 is 38.7. The zero-order valence-electron chi connectivity index (χ0n) is 9.74. The molecule has 0 fully saturated rings. The van der Waals surface area contributed by atoms with Crippen molar-refractivity contribution in [1.29, 1.82) is 0 Å². The number of halogens is 4. The zero-order chi connectivity index (χ0) is 14.4. The van der Waals surface area contributed by atoms with E-state index in [-0.39, 0.29) is 5.92 Å². The van der Waals surface area contributed by atoms with Crippen LogP contribution in [0.25, 0.3) is 0 Å². The number of fused-ring (bicyclic) bond motifs is 1. The highest BCUT2D eigenvalue weighted by Crippen LogP contribution is 2.50. The van der Waals surface area contributed by atoms with Crippen LogP contribution in [0.3, 0.4) is 0 Å². The highest BCUT2D eigenvalue weighted by Gasteiger charge is 2.49. The fourth-order valence-electron chi connectivity index (χ4n) is 2.09. The summed E-state index contributed by atoms with van der Waals surface area (Å²) in [5.41, 5.74) is -0.613. The summed E-state index contributed by atoms with van der Waals surface area (Å²) in [6.45, 7) is 1.76. The molecule has 0 saturated carbocycles. The van der Waals surface area contributed by atoms with E-state index < -0.39 is 28.9 Å². The number of carbonyl (C=O) groups is 1. The van der Waals surface area contributed by atoms with Crippen molar-refractivity contribution in [2.24, 2.45) is 11.8 Å². The first-order chi connectivity index (χ1) is 8.71. The first kappa shape index (κ1) is 14.5. The highest BCUT2D eigenvalue weighted by molar-refractivity contribution is 8.04. The number of thioether (sulfide) groups is 1. The van der Waals surface area contributed by atoms with Gasteiger partial charge in [0.25, 0.3) is 0 Å². The van der Waals surface area contributed by atoms with E-state index in [0.29, 0.717) is 21.7 Å². The number of aliphatic carboxylic acids is 1. The first-order valence-electron chi connectivity index (χ1n) is 5.47. The lowest BCUT2D eigenvalue weighted by atomic mass is 9.86. The van der Waals surface area contributed by atoms with E-state index in [2.05, 4.69) is 0 Å². The van der Waals surface area contributed by atoms with Crippen LogP contribution in [0.4, 0.5) is 13.2 Å². The Labute approximate surface area is 117 Å². The van der Waals surface area contributed by atoms with E-state index in [0.717, 1.165) is 0 Å². The fraction of sp³-hybridized carbons (Fsp3) is 0.417. The van der Waals surface area contributed by atoms with Crippen molar-refractivity contribution in [1.82, 2.24) is 0 Å². The third-order valence-electron chi connectivity index (χ3n) is 3.15. The summed E-state index contributed by atoms with van der Waals surface area (Å²) >= 11 is 6.50. The normalized spacial score (nSPS) is 31.0. The molecular weight excluding hydrogens is 301 g/mol. The van der Waals surface area contributed by atoms with E-state index >= 15 is 0 Å². The fourth-order valence-corrected chi connectivity index (χ4v) is 3.58. The van der Waals surface area contributed by atoms with Gasteiger partial charge < -0.3 is 5.11 Å². The van der Waals surface area contributed by atoms with E-state index in [4.69, 9.17) is 16.7 Å². The molecule has 3 atom stereocenters. The van der Waals surface area contributed by atoms with Gasteiger partial charge in [-0.15, -0.1) is 11.8 Å². The number of rotatable bonds is 1. The average molecular weight is 311 g/mol. The van der Waals surface area contributed by atoms with E-state index in [9.17, 15) is 18.0 Å². The molecule has 19 heavy (non-hydrogen) atoms. The molecule has 2 nitrogen and oxygen atoms in total. The van der Waals surface area contributed by atoms with E-state index in [1.807, 2.05) is 0 Å². The Morgan fingerprint density at radius 2 is 2.05 bits per heavy atom. The lowest BCUT2D eigenvalue weighted by Crippen LogP contribution is -2.35. The van der Waals surface area contributed by atoms with Crippen molar-refractivity contribution in [3.8, 4) is 0 Å². The Bertz CT molecular complexity index is 508. The second kappa shape index (κ2) is 4.90. The van der Waals surface area contributed by atoms with Crippen molar-refractivity contribution in [2.45, 2.75) is 18.3 Å². The third kappa shape index (κ3) is 2.69. The molecule has 2 rings (SSSR count). The third-order valence-corrected chi connectivity index (χ3v) is 5.06. The molecule has 0 bridgehead atoms. The van der Waals surface area contributed by atoms with E-state index in [1.165, 1.54) is 12.2 Å². The molecule has 0 spiro atoms. The number of hydrogen-bond acceptors (Lipinski definition) is 2. The first-order valence-corrected chi connectivity index (χ1v) is 6.73. The van der Waals surface area contributed by atoms with Crippen molar-refractivity contribution in [3.05, 3.63) is 33.7 Å². The SMILES string of the molecule is CC1C(Cl)=CC=C2SC(C(F)(F)F)C(C(=O)O)=CC21. The molecule has 0 aromatic heterocycles. The van der Waals surface area contributed by atoms with Crippen LogP contribution in [0.5, 0.6) is 0 Å². The van der Waals surface area contributed by atoms with Crippen LogP contribution in [0, 0.1) is 11.8 Å². The summed E-state index contributed by atoms with van der Waals surface area (Å²) in [7, 11) is 0. The van der Waals surface area contributed by atoms with Gasteiger partial charge >= 0.3 is 12.1 Å². The number of carboxylic acid groups (broad SMARTS) is 1. The molecule has 0 aromatic rings. The Morgan fingerprint density at radius 1 is 1.42 bits per heavy atom. The lowest BCUT2D eigenvalue weighted by molar-refractivity contribution is -0.140. The molecule has 0 aromatic carbocycles. The second-order valence-electron chi connectivity index (χ2n) is 4.40. The Hall–Kier alpha value is -0.880. The average Bonchev–Trinajstić information content (AvgIpc) is 2.31. The van der Waals surface area contributed by atoms with Crippen LogP contribution < -0.4 is 0 Å². The van der Waals surface area contributed by atoms with Gasteiger partial charge in [-0.1, -0.05) is 30.7 Å². The molecule has 1 aliphatic heterocycles. The van der Waals surface area contributed by atoms with Crippen molar-refractivity contribution in [2.75, 3.05) is 0 Å². The van der Waals surface area contributed by atoms with Gasteiger partial charge in [0.15, 0.2) is 0 Å². The molecule has 1 heterocycles. The predicted molar refractivity (Wildman–Crippen MR) is 67.8 cm³/mol. The van der Waals surface area contributed by atoms with Crippen LogP contribution in [-0.4, -0.2) is 22.5 Å².